The van der Waals surface area contributed by atoms with Gasteiger partial charge in [-0.2, -0.15) is 0 Å². The van der Waals surface area contributed by atoms with Gasteiger partial charge in [-0.05, 0) is 57.9 Å². The number of rotatable bonds is 3. The van der Waals surface area contributed by atoms with Crippen LogP contribution in [-0.4, -0.2) is 14.1 Å². The first-order chi connectivity index (χ1) is 13.0. The van der Waals surface area contributed by atoms with Gasteiger partial charge in [-0.3, -0.25) is 4.98 Å². The first-order valence-corrected chi connectivity index (χ1v) is 9.25. The molecular weight excluding hydrogens is 523 g/mol. The zero-order valence-electron chi connectivity index (χ0n) is 16.9. The molecule has 0 saturated carbocycles. The van der Waals surface area contributed by atoms with Crippen LogP contribution in [0.25, 0.3) is 22.9 Å². The van der Waals surface area contributed by atoms with Crippen LogP contribution < -0.4 is 0 Å². The van der Waals surface area contributed by atoms with Crippen LogP contribution in [0.3, 0.4) is 0 Å². The third-order valence-corrected chi connectivity index (χ3v) is 5.02. The molecule has 4 rings (SSSR count). The van der Waals surface area contributed by atoms with Crippen molar-refractivity contribution >= 4 is 0 Å². The van der Waals surface area contributed by atoms with Crippen LogP contribution in [0.2, 0.25) is 0 Å². The largest absolute Gasteiger partial charge is 0.337 e. The van der Waals surface area contributed by atoms with Crippen molar-refractivity contribution in [3.8, 4) is 22.9 Å². The fraction of sp³-hybridized carbons (Fsp3) is 0.208. The molecule has 2 aromatic carbocycles. The van der Waals surface area contributed by atoms with Gasteiger partial charge >= 0.3 is 0 Å². The van der Waals surface area contributed by atoms with E-state index in [1.165, 1.54) is 33.8 Å². The molecule has 0 amide bonds. The van der Waals surface area contributed by atoms with Crippen LogP contribution in [0.1, 0.15) is 28.1 Å². The molecule has 0 atom stereocenters. The van der Waals surface area contributed by atoms with E-state index in [0.29, 0.717) is 0 Å². The van der Waals surface area contributed by atoms with Crippen molar-refractivity contribution in [3.63, 3.8) is 0 Å². The number of aryl methyl sites for hydroxylation is 5. The van der Waals surface area contributed by atoms with E-state index in [-0.39, 0.29) is 20.1 Å². The zero-order chi connectivity index (χ0) is 19.1. The molecule has 0 saturated heterocycles. The van der Waals surface area contributed by atoms with E-state index in [2.05, 4.69) is 86.3 Å². The van der Waals surface area contributed by atoms with Crippen molar-refractivity contribution in [1.82, 2.24) is 14.1 Å². The van der Waals surface area contributed by atoms with Crippen LogP contribution in [0.4, 0.5) is 0 Å². The van der Waals surface area contributed by atoms with Gasteiger partial charge in [-0.25, -0.2) is 0 Å². The summed E-state index contributed by atoms with van der Waals surface area (Å²) in [6.45, 7) is 10.7. The van der Waals surface area contributed by atoms with Gasteiger partial charge in [0.05, 0.1) is 5.82 Å². The summed E-state index contributed by atoms with van der Waals surface area (Å²) in [4.78, 5) is 5.02. The minimum atomic E-state index is 0. The number of hydrogen-bond acceptors (Lipinski definition) is 1. The molecule has 4 aromatic rings. The van der Waals surface area contributed by atoms with Gasteiger partial charge in [0.1, 0.15) is 5.82 Å². The number of hydrogen-bond donors (Lipinski definition) is 0. The maximum Gasteiger partial charge on any atom is 0.145 e. The molecule has 0 spiro atoms. The normalized spacial score (nSPS) is 10.8. The Morgan fingerprint density at radius 1 is 0.857 bits per heavy atom. The van der Waals surface area contributed by atoms with Gasteiger partial charge in [0.2, 0.25) is 0 Å². The van der Waals surface area contributed by atoms with Gasteiger partial charge in [0.15, 0.2) is 0 Å². The Kier molecular flexibility index (Phi) is 5.74. The molecule has 0 aliphatic heterocycles. The molecule has 28 heavy (non-hydrogen) atoms. The molecule has 2 heterocycles. The van der Waals surface area contributed by atoms with E-state index < -0.39 is 0 Å². The first-order valence-electron chi connectivity index (χ1n) is 9.25. The van der Waals surface area contributed by atoms with Crippen molar-refractivity contribution in [2.24, 2.45) is 0 Å². The third-order valence-electron chi connectivity index (χ3n) is 5.02. The fourth-order valence-electron chi connectivity index (χ4n) is 3.95. The molecule has 1 radical (unpaired) electrons. The molecule has 0 N–H and O–H groups in total. The van der Waals surface area contributed by atoms with Gasteiger partial charge in [-0.15, -0.1) is 35.9 Å². The Balaban J connectivity index is 0.00000225. The van der Waals surface area contributed by atoms with Crippen molar-refractivity contribution in [2.75, 3.05) is 0 Å². The van der Waals surface area contributed by atoms with Crippen molar-refractivity contribution in [3.05, 3.63) is 88.9 Å². The van der Waals surface area contributed by atoms with Crippen molar-refractivity contribution in [2.45, 2.75) is 34.6 Å². The second-order valence-corrected chi connectivity index (χ2v) is 7.27. The van der Waals surface area contributed by atoms with E-state index in [1.54, 1.807) is 0 Å². The minimum absolute atomic E-state index is 0. The maximum absolute atomic E-state index is 5.02. The zero-order valence-corrected chi connectivity index (χ0v) is 19.3. The van der Waals surface area contributed by atoms with Gasteiger partial charge in [0, 0.05) is 43.4 Å². The SMILES string of the molecule is Cc1cc(C)c(-n2cc(-n3c(C)ccc3C)nc2-c2[c-]cccc2)c(C)c1.[Ir]. The second-order valence-electron chi connectivity index (χ2n) is 7.27. The van der Waals surface area contributed by atoms with Crippen LogP contribution in [0.5, 0.6) is 0 Å². The number of imidazole rings is 1. The van der Waals surface area contributed by atoms with Gasteiger partial charge < -0.3 is 9.13 Å². The Hall–Kier alpha value is -2.42. The quantitative estimate of drug-likeness (QED) is 0.304. The Bertz CT molecular complexity index is 1080. The van der Waals surface area contributed by atoms with Crippen LogP contribution >= 0.6 is 0 Å². The van der Waals surface area contributed by atoms with E-state index in [9.17, 15) is 0 Å². The molecule has 3 nitrogen and oxygen atoms in total. The second kappa shape index (κ2) is 7.90. The predicted molar refractivity (Wildman–Crippen MR) is 111 cm³/mol. The molecule has 145 valence electrons. The standard InChI is InChI=1S/C24H24N3.Ir/c1-16-13-17(2)23(18(3)14-16)26-15-22(27-19(4)11-12-20(27)5)25-24(26)21-9-7-6-8-10-21;/h6-9,11-15H,1-5H3;/q-1;. The van der Waals surface area contributed by atoms with Crippen LogP contribution in [-0.2, 0) is 20.1 Å². The van der Waals surface area contributed by atoms with Crippen LogP contribution in [0, 0.1) is 40.7 Å². The summed E-state index contributed by atoms with van der Waals surface area (Å²) in [5.74, 6) is 1.84. The first kappa shape index (κ1) is 20.3. The molecule has 0 fully saturated rings. The number of aromatic nitrogens is 3. The summed E-state index contributed by atoms with van der Waals surface area (Å²) in [5, 5.41) is 0. The Morgan fingerprint density at radius 3 is 2.07 bits per heavy atom. The van der Waals surface area contributed by atoms with Crippen LogP contribution in [0.15, 0.2) is 54.7 Å². The summed E-state index contributed by atoms with van der Waals surface area (Å²) in [6.07, 6.45) is 2.14. The summed E-state index contributed by atoms with van der Waals surface area (Å²) in [7, 11) is 0. The molecule has 2 aromatic heterocycles. The topological polar surface area (TPSA) is 22.8 Å². The molecule has 4 heteroatoms. The smallest absolute Gasteiger partial charge is 0.145 e. The molecule has 0 aliphatic rings. The van der Waals surface area contributed by atoms with Crippen molar-refractivity contribution < 1.29 is 20.1 Å². The van der Waals surface area contributed by atoms with E-state index in [1.807, 2.05) is 18.2 Å². The summed E-state index contributed by atoms with van der Waals surface area (Å²) in [5.41, 5.74) is 8.30. The van der Waals surface area contributed by atoms with E-state index in [0.717, 1.165) is 17.2 Å². The monoisotopic (exact) mass is 547 g/mol. The summed E-state index contributed by atoms with van der Waals surface area (Å²) in [6, 6.07) is 20.1. The van der Waals surface area contributed by atoms with E-state index in [4.69, 9.17) is 4.98 Å². The number of benzene rings is 2. The fourth-order valence-corrected chi connectivity index (χ4v) is 3.95. The summed E-state index contributed by atoms with van der Waals surface area (Å²) >= 11 is 0. The minimum Gasteiger partial charge on any atom is -0.337 e. The van der Waals surface area contributed by atoms with Crippen molar-refractivity contribution in [1.29, 1.82) is 0 Å². The average Bonchev–Trinajstić information content (AvgIpc) is 3.18. The molecular formula is C24H24IrN3-. The van der Waals surface area contributed by atoms with Gasteiger partial charge in [-0.1, -0.05) is 17.7 Å². The molecule has 0 aliphatic carbocycles. The number of nitrogens with zero attached hydrogens (tertiary/aromatic N) is 3. The molecule has 0 unspecified atom stereocenters. The van der Waals surface area contributed by atoms with Gasteiger partial charge in [0.25, 0.3) is 0 Å². The van der Waals surface area contributed by atoms with E-state index >= 15 is 0 Å². The third kappa shape index (κ3) is 3.50. The average molecular weight is 547 g/mol. The predicted octanol–water partition coefficient (Wildman–Crippen LogP) is 5.67. The summed E-state index contributed by atoms with van der Waals surface area (Å²) < 4.78 is 4.41. The maximum atomic E-state index is 5.02. The molecule has 0 bridgehead atoms. The Morgan fingerprint density at radius 2 is 1.50 bits per heavy atom. The Labute approximate surface area is 180 Å².